The molecule has 5 heteroatoms. The van der Waals surface area contributed by atoms with Crippen LogP contribution in [0.2, 0.25) is 0 Å². The Morgan fingerprint density at radius 2 is 2.26 bits per heavy atom. The molecule has 102 valence electrons. The maximum Gasteiger partial charge on any atom is 0.253 e. The molecule has 0 fully saturated rings. The molecule has 2 rings (SSSR count). The SMILES string of the molecule is CCC(C)(CO)NC(=O)c1c[nH]c2ccc(N)cc12. The normalized spacial score (nSPS) is 14.3. The van der Waals surface area contributed by atoms with Crippen LogP contribution in [0, 0.1) is 0 Å². The minimum absolute atomic E-state index is 0.0975. The second-order valence-corrected chi connectivity index (χ2v) is 5.03. The molecule has 5 N–H and O–H groups in total. The van der Waals surface area contributed by atoms with Gasteiger partial charge in [0.05, 0.1) is 17.7 Å². The zero-order valence-electron chi connectivity index (χ0n) is 11.2. The largest absolute Gasteiger partial charge is 0.399 e. The predicted molar refractivity (Wildman–Crippen MR) is 76.0 cm³/mol. The number of carbonyl (C=O) groups excluding carboxylic acids is 1. The standard InChI is InChI=1S/C14H19N3O2/c1-3-14(2,8-18)17-13(19)11-7-16-12-5-4-9(15)6-10(11)12/h4-7,16,18H,3,8,15H2,1-2H3,(H,17,19). The number of benzene rings is 1. The number of nitrogens with one attached hydrogen (secondary N) is 2. The van der Waals surface area contributed by atoms with Crippen molar-refractivity contribution < 1.29 is 9.90 Å². The Kier molecular flexibility index (Phi) is 3.48. The van der Waals surface area contributed by atoms with Crippen molar-refractivity contribution in [2.24, 2.45) is 0 Å². The number of aliphatic hydroxyl groups excluding tert-OH is 1. The summed E-state index contributed by atoms with van der Waals surface area (Å²) in [6, 6.07) is 5.39. The molecular formula is C14H19N3O2. The number of H-pyrrole nitrogens is 1. The highest BCUT2D eigenvalue weighted by atomic mass is 16.3. The lowest BCUT2D eigenvalue weighted by Crippen LogP contribution is -2.48. The van der Waals surface area contributed by atoms with Gasteiger partial charge in [-0.25, -0.2) is 0 Å². The second kappa shape index (κ2) is 4.93. The molecule has 0 saturated carbocycles. The van der Waals surface area contributed by atoms with Crippen molar-refractivity contribution in [3.63, 3.8) is 0 Å². The van der Waals surface area contributed by atoms with Gasteiger partial charge in [-0.2, -0.15) is 0 Å². The number of amides is 1. The molecule has 0 aliphatic carbocycles. The first kappa shape index (κ1) is 13.4. The van der Waals surface area contributed by atoms with Gasteiger partial charge in [0.15, 0.2) is 0 Å². The molecule has 1 aromatic carbocycles. The van der Waals surface area contributed by atoms with Crippen molar-refractivity contribution >= 4 is 22.5 Å². The summed E-state index contributed by atoms with van der Waals surface area (Å²) in [4.78, 5) is 15.3. The summed E-state index contributed by atoms with van der Waals surface area (Å²) in [5.74, 6) is -0.213. The Hall–Kier alpha value is -2.01. The van der Waals surface area contributed by atoms with Crippen molar-refractivity contribution in [1.82, 2.24) is 10.3 Å². The molecule has 1 heterocycles. The molecule has 0 bridgehead atoms. The smallest absolute Gasteiger partial charge is 0.253 e. The van der Waals surface area contributed by atoms with Crippen LogP contribution in [0.25, 0.3) is 10.9 Å². The number of fused-ring (bicyclic) bond motifs is 1. The lowest BCUT2D eigenvalue weighted by molar-refractivity contribution is 0.0849. The summed E-state index contributed by atoms with van der Waals surface area (Å²) < 4.78 is 0. The van der Waals surface area contributed by atoms with E-state index in [1.807, 2.05) is 19.9 Å². The lowest BCUT2D eigenvalue weighted by Gasteiger charge is -2.27. The van der Waals surface area contributed by atoms with Crippen molar-refractivity contribution in [2.45, 2.75) is 25.8 Å². The first-order chi connectivity index (χ1) is 8.99. The molecule has 1 atom stereocenters. The molecule has 5 nitrogen and oxygen atoms in total. The number of hydrogen-bond donors (Lipinski definition) is 4. The number of aromatic nitrogens is 1. The zero-order chi connectivity index (χ0) is 14.0. The van der Waals surface area contributed by atoms with Crippen LogP contribution in [0.1, 0.15) is 30.6 Å². The van der Waals surface area contributed by atoms with E-state index in [4.69, 9.17) is 5.73 Å². The van der Waals surface area contributed by atoms with Gasteiger partial charge in [0.2, 0.25) is 0 Å². The van der Waals surface area contributed by atoms with Gasteiger partial charge < -0.3 is 21.1 Å². The minimum Gasteiger partial charge on any atom is -0.399 e. The molecular weight excluding hydrogens is 242 g/mol. The minimum atomic E-state index is -0.610. The Labute approximate surface area is 111 Å². The monoisotopic (exact) mass is 261 g/mol. The molecule has 0 radical (unpaired) electrons. The van der Waals surface area contributed by atoms with E-state index in [2.05, 4.69) is 10.3 Å². The fraction of sp³-hybridized carbons (Fsp3) is 0.357. The van der Waals surface area contributed by atoms with E-state index >= 15 is 0 Å². The van der Waals surface area contributed by atoms with E-state index in [0.29, 0.717) is 17.7 Å². The fourth-order valence-electron chi connectivity index (χ4n) is 1.91. The molecule has 0 aliphatic heterocycles. The molecule has 1 amide bonds. The molecule has 0 spiro atoms. The second-order valence-electron chi connectivity index (χ2n) is 5.03. The summed E-state index contributed by atoms with van der Waals surface area (Å²) in [7, 11) is 0. The van der Waals surface area contributed by atoms with E-state index in [0.717, 1.165) is 10.9 Å². The number of rotatable bonds is 4. The Bertz CT molecular complexity index is 600. The van der Waals surface area contributed by atoms with Gasteiger partial charge in [-0.3, -0.25) is 4.79 Å². The highest BCUT2D eigenvalue weighted by Gasteiger charge is 2.25. The Morgan fingerprint density at radius 1 is 1.53 bits per heavy atom. The number of aliphatic hydroxyl groups is 1. The van der Waals surface area contributed by atoms with Gasteiger partial charge in [-0.1, -0.05) is 6.92 Å². The van der Waals surface area contributed by atoms with Gasteiger partial charge in [-0.15, -0.1) is 0 Å². The molecule has 0 saturated heterocycles. The van der Waals surface area contributed by atoms with Gasteiger partial charge >= 0.3 is 0 Å². The van der Waals surface area contributed by atoms with Gasteiger partial charge in [0.25, 0.3) is 5.91 Å². The zero-order valence-corrected chi connectivity index (χ0v) is 11.2. The van der Waals surface area contributed by atoms with E-state index < -0.39 is 5.54 Å². The first-order valence-corrected chi connectivity index (χ1v) is 6.29. The number of hydrogen-bond acceptors (Lipinski definition) is 3. The van der Waals surface area contributed by atoms with Crippen molar-refractivity contribution in [3.8, 4) is 0 Å². The maximum atomic E-state index is 12.3. The Balaban J connectivity index is 2.34. The number of aromatic amines is 1. The van der Waals surface area contributed by atoms with E-state index in [-0.39, 0.29) is 12.5 Å². The summed E-state index contributed by atoms with van der Waals surface area (Å²) >= 11 is 0. The van der Waals surface area contributed by atoms with Crippen LogP contribution in [-0.2, 0) is 0 Å². The van der Waals surface area contributed by atoms with Crippen molar-refractivity contribution in [1.29, 1.82) is 0 Å². The van der Waals surface area contributed by atoms with E-state index in [1.54, 1.807) is 18.3 Å². The maximum absolute atomic E-state index is 12.3. The lowest BCUT2D eigenvalue weighted by atomic mass is 9.99. The topological polar surface area (TPSA) is 91.1 Å². The quantitative estimate of drug-likeness (QED) is 0.630. The van der Waals surface area contributed by atoms with Crippen LogP contribution in [0.15, 0.2) is 24.4 Å². The van der Waals surface area contributed by atoms with Crippen LogP contribution in [0.5, 0.6) is 0 Å². The highest BCUT2D eigenvalue weighted by Crippen LogP contribution is 2.21. The van der Waals surface area contributed by atoms with Gasteiger partial charge in [-0.05, 0) is 31.5 Å². The predicted octanol–water partition coefficient (Wildman–Crippen LogP) is 1.64. The van der Waals surface area contributed by atoms with Crippen LogP contribution >= 0.6 is 0 Å². The van der Waals surface area contributed by atoms with Crippen LogP contribution < -0.4 is 11.1 Å². The van der Waals surface area contributed by atoms with Crippen molar-refractivity contribution in [3.05, 3.63) is 30.0 Å². The fourth-order valence-corrected chi connectivity index (χ4v) is 1.91. The van der Waals surface area contributed by atoms with E-state index in [9.17, 15) is 9.90 Å². The number of nitrogen functional groups attached to an aromatic ring is 1. The summed E-state index contributed by atoms with van der Waals surface area (Å²) in [6.45, 7) is 3.64. The van der Waals surface area contributed by atoms with Crippen molar-refractivity contribution in [2.75, 3.05) is 12.3 Å². The average Bonchev–Trinajstić information content (AvgIpc) is 2.81. The van der Waals surface area contributed by atoms with Crippen LogP contribution in [-0.4, -0.2) is 28.1 Å². The summed E-state index contributed by atoms with van der Waals surface area (Å²) in [6.07, 6.45) is 2.31. The van der Waals surface area contributed by atoms with Crippen LogP contribution in [0.3, 0.4) is 0 Å². The third-order valence-corrected chi connectivity index (χ3v) is 3.50. The molecule has 1 aromatic heterocycles. The molecule has 19 heavy (non-hydrogen) atoms. The first-order valence-electron chi connectivity index (χ1n) is 6.29. The van der Waals surface area contributed by atoms with Gasteiger partial charge in [0, 0.05) is 22.8 Å². The average molecular weight is 261 g/mol. The summed E-state index contributed by atoms with van der Waals surface area (Å²) in [5.41, 5.74) is 7.15. The van der Waals surface area contributed by atoms with Crippen LogP contribution in [0.4, 0.5) is 5.69 Å². The summed E-state index contributed by atoms with van der Waals surface area (Å²) in [5, 5.41) is 13.0. The van der Waals surface area contributed by atoms with E-state index in [1.165, 1.54) is 0 Å². The number of anilines is 1. The van der Waals surface area contributed by atoms with Gasteiger partial charge in [0.1, 0.15) is 0 Å². The number of nitrogens with two attached hydrogens (primary N) is 1. The molecule has 2 aromatic rings. The molecule has 1 unspecified atom stereocenters. The number of carbonyl (C=O) groups is 1. The Morgan fingerprint density at radius 3 is 2.89 bits per heavy atom. The molecule has 0 aliphatic rings. The third-order valence-electron chi connectivity index (χ3n) is 3.50. The third kappa shape index (κ3) is 2.56. The highest BCUT2D eigenvalue weighted by molar-refractivity contribution is 6.07.